The molecule has 0 aromatic heterocycles. The number of likely N-dealkylation sites (tertiary alicyclic amines) is 1. The monoisotopic (exact) mass is 184 g/mol. The highest BCUT2D eigenvalue weighted by Gasteiger charge is 2.23. The second-order valence-corrected chi connectivity index (χ2v) is 3.79. The molecule has 1 rings (SSSR count). The predicted octanol–water partition coefficient (Wildman–Crippen LogP) is 0.997. The fraction of sp³-hybridized carbons (Fsp3) is 0.900. The molecule has 3 heteroatoms. The van der Waals surface area contributed by atoms with E-state index in [2.05, 4.69) is 12.2 Å². The quantitative estimate of drug-likeness (QED) is 0.661. The molecule has 76 valence electrons. The topological polar surface area (TPSA) is 32.3 Å². The summed E-state index contributed by atoms with van der Waals surface area (Å²) in [5, 5.41) is 3.10. The van der Waals surface area contributed by atoms with Gasteiger partial charge < -0.3 is 10.2 Å². The van der Waals surface area contributed by atoms with Crippen LogP contribution in [0.2, 0.25) is 0 Å². The standard InChI is InChI=1S/C10H20N2O/c1-9-5-3-6-10(13)12(9)8-4-7-11-2/h9,11H,3-8H2,1-2H3. The summed E-state index contributed by atoms with van der Waals surface area (Å²) in [6, 6.07) is 0.457. The first-order valence-corrected chi connectivity index (χ1v) is 5.19. The largest absolute Gasteiger partial charge is 0.340 e. The molecule has 0 bridgehead atoms. The molecule has 1 saturated heterocycles. The molecule has 0 radical (unpaired) electrons. The van der Waals surface area contributed by atoms with Gasteiger partial charge >= 0.3 is 0 Å². The Morgan fingerprint density at radius 1 is 1.62 bits per heavy atom. The highest BCUT2D eigenvalue weighted by Crippen LogP contribution is 2.17. The molecule has 1 atom stereocenters. The Bertz CT molecular complexity index is 170. The second kappa shape index (κ2) is 5.22. The molecule has 13 heavy (non-hydrogen) atoms. The average Bonchev–Trinajstić information content (AvgIpc) is 2.10. The third-order valence-electron chi connectivity index (χ3n) is 2.69. The molecular formula is C10H20N2O. The van der Waals surface area contributed by atoms with Crippen molar-refractivity contribution in [3.05, 3.63) is 0 Å². The number of carbonyl (C=O) groups is 1. The van der Waals surface area contributed by atoms with Crippen LogP contribution in [0.25, 0.3) is 0 Å². The van der Waals surface area contributed by atoms with Crippen LogP contribution in [0.1, 0.15) is 32.6 Å². The van der Waals surface area contributed by atoms with Gasteiger partial charge in [-0.25, -0.2) is 0 Å². The predicted molar refractivity (Wildman–Crippen MR) is 53.6 cm³/mol. The molecule has 1 aliphatic rings. The maximum Gasteiger partial charge on any atom is 0.222 e. The van der Waals surface area contributed by atoms with Crippen molar-refractivity contribution in [1.82, 2.24) is 10.2 Å². The minimum atomic E-state index is 0.342. The van der Waals surface area contributed by atoms with Crippen LogP contribution in [0, 0.1) is 0 Å². The first kappa shape index (κ1) is 10.5. The van der Waals surface area contributed by atoms with Gasteiger partial charge in [-0.15, -0.1) is 0 Å². The van der Waals surface area contributed by atoms with Crippen LogP contribution in [-0.4, -0.2) is 37.0 Å². The smallest absolute Gasteiger partial charge is 0.222 e. The summed E-state index contributed by atoms with van der Waals surface area (Å²) in [5.74, 6) is 0.342. The van der Waals surface area contributed by atoms with E-state index in [1.807, 2.05) is 11.9 Å². The van der Waals surface area contributed by atoms with E-state index in [4.69, 9.17) is 0 Å². The van der Waals surface area contributed by atoms with Gasteiger partial charge in [-0.05, 0) is 39.8 Å². The van der Waals surface area contributed by atoms with Gasteiger partial charge in [0.1, 0.15) is 0 Å². The average molecular weight is 184 g/mol. The molecular weight excluding hydrogens is 164 g/mol. The number of nitrogens with one attached hydrogen (secondary N) is 1. The Kier molecular flexibility index (Phi) is 4.22. The summed E-state index contributed by atoms with van der Waals surface area (Å²) >= 11 is 0. The lowest BCUT2D eigenvalue weighted by atomic mass is 10.0. The Labute approximate surface area is 80.5 Å². The van der Waals surface area contributed by atoms with Crippen molar-refractivity contribution < 1.29 is 4.79 Å². The number of piperidine rings is 1. The van der Waals surface area contributed by atoms with Crippen LogP contribution in [0.5, 0.6) is 0 Å². The van der Waals surface area contributed by atoms with Gasteiger partial charge in [0.25, 0.3) is 0 Å². The lowest BCUT2D eigenvalue weighted by Gasteiger charge is -2.33. The summed E-state index contributed by atoms with van der Waals surface area (Å²) < 4.78 is 0. The van der Waals surface area contributed by atoms with Gasteiger partial charge in [0.15, 0.2) is 0 Å². The van der Waals surface area contributed by atoms with Gasteiger partial charge in [0.2, 0.25) is 5.91 Å². The summed E-state index contributed by atoms with van der Waals surface area (Å²) in [6.07, 6.45) is 4.06. The van der Waals surface area contributed by atoms with Crippen LogP contribution in [0.3, 0.4) is 0 Å². The third kappa shape index (κ3) is 2.99. The van der Waals surface area contributed by atoms with Crippen LogP contribution in [0.4, 0.5) is 0 Å². The van der Waals surface area contributed by atoms with Crippen LogP contribution >= 0.6 is 0 Å². The number of amides is 1. The molecule has 0 saturated carbocycles. The first-order valence-electron chi connectivity index (χ1n) is 5.19. The molecule has 0 spiro atoms. The zero-order valence-electron chi connectivity index (χ0n) is 8.68. The molecule has 0 aromatic rings. The first-order chi connectivity index (χ1) is 6.25. The zero-order valence-corrected chi connectivity index (χ0v) is 8.68. The lowest BCUT2D eigenvalue weighted by Crippen LogP contribution is -2.42. The molecule has 1 heterocycles. The number of hydrogen-bond donors (Lipinski definition) is 1. The van der Waals surface area contributed by atoms with E-state index in [1.54, 1.807) is 0 Å². The molecule has 3 nitrogen and oxygen atoms in total. The van der Waals surface area contributed by atoms with Crippen molar-refractivity contribution in [2.45, 2.75) is 38.6 Å². The zero-order chi connectivity index (χ0) is 9.68. The van der Waals surface area contributed by atoms with Gasteiger partial charge in [0.05, 0.1) is 0 Å². The SMILES string of the molecule is CNCCCN1C(=O)CCCC1C. The van der Waals surface area contributed by atoms with Crippen molar-refractivity contribution in [1.29, 1.82) is 0 Å². The van der Waals surface area contributed by atoms with Crippen molar-refractivity contribution in [2.24, 2.45) is 0 Å². The van der Waals surface area contributed by atoms with E-state index in [0.29, 0.717) is 11.9 Å². The van der Waals surface area contributed by atoms with E-state index in [9.17, 15) is 4.79 Å². The van der Waals surface area contributed by atoms with Crippen LogP contribution in [0.15, 0.2) is 0 Å². The van der Waals surface area contributed by atoms with Crippen molar-refractivity contribution in [3.63, 3.8) is 0 Å². The van der Waals surface area contributed by atoms with Crippen molar-refractivity contribution in [2.75, 3.05) is 20.1 Å². The van der Waals surface area contributed by atoms with E-state index in [-0.39, 0.29) is 0 Å². The van der Waals surface area contributed by atoms with Crippen molar-refractivity contribution >= 4 is 5.91 Å². The fourth-order valence-corrected chi connectivity index (χ4v) is 1.87. The van der Waals surface area contributed by atoms with Gasteiger partial charge in [-0.2, -0.15) is 0 Å². The van der Waals surface area contributed by atoms with Gasteiger partial charge in [-0.1, -0.05) is 0 Å². The molecule has 1 N–H and O–H groups in total. The molecule has 1 unspecified atom stereocenters. The Hall–Kier alpha value is -0.570. The summed E-state index contributed by atoms with van der Waals surface area (Å²) in [4.78, 5) is 13.5. The molecule has 1 amide bonds. The molecule has 0 aliphatic carbocycles. The van der Waals surface area contributed by atoms with Gasteiger partial charge in [-0.3, -0.25) is 4.79 Å². The summed E-state index contributed by atoms with van der Waals surface area (Å²) in [6.45, 7) is 4.06. The molecule has 0 aromatic carbocycles. The highest BCUT2D eigenvalue weighted by atomic mass is 16.2. The minimum absolute atomic E-state index is 0.342. The number of rotatable bonds is 4. The normalized spacial score (nSPS) is 23.7. The Balaban J connectivity index is 2.31. The number of hydrogen-bond acceptors (Lipinski definition) is 2. The number of nitrogens with zero attached hydrogens (tertiary/aromatic N) is 1. The third-order valence-corrected chi connectivity index (χ3v) is 2.69. The fourth-order valence-electron chi connectivity index (χ4n) is 1.87. The second-order valence-electron chi connectivity index (χ2n) is 3.79. The van der Waals surface area contributed by atoms with E-state index in [1.165, 1.54) is 6.42 Å². The molecule has 1 aliphatic heterocycles. The maximum atomic E-state index is 11.5. The van der Waals surface area contributed by atoms with E-state index >= 15 is 0 Å². The minimum Gasteiger partial charge on any atom is -0.340 e. The Morgan fingerprint density at radius 3 is 3.00 bits per heavy atom. The number of carbonyl (C=O) groups excluding carboxylic acids is 1. The van der Waals surface area contributed by atoms with Crippen LogP contribution < -0.4 is 5.32 Å². The Morgan fingerprint density at radius 2 is 2.38 bits per heavy atom. The van der Waals surface area contributed by atoms with Crippen LogP contribution in [-0.2, 0) is 4.79 Å². The molecule has 1 fully saturated rings. The van der Waals surface area contributed by atoms with E-state index in [0.717, 1.165) is 32.4 Å². The van der Waals surface area contributed by atoms with Crippen molar-refractivity contribution in [3.8, 4) is 0 Å². The maximum absolute atomic E-state index is 11.5. The van der Waals surface area contributed by atoms with Gasteiger partial charge in [0, 0.05) is 19.0 Å². The summed E-state index contributed by atoms with van der Waals surface area (Å²) in [5.41, 5.74) is 0. The summed E-state index contributed by atoms with van der Waals surface area (Å²) in [7, 11) is 1.95. The van der Waals surface area contributed by atoms with E-state index < -0.39 is 0 Å². The highest BCUT2D eigenvalue weighted by molar-refractivity contribution is 5.77. The lowest BCUT2D eigenvalue weighted by molar-refractivity contribution is -0.135.